The fourth-order valence-electron chi connectivity index (χ4n) is 1.57. The summed E-state index contributed by atoms with van der Waals surface area (Å²) in [6, 6.07) is 0. The van der Waals surface area contributed by atoms with Crippen LogP contribution in [0, 0.1) is 0 Å². The minimum absolute atomic E-state index is 0.592. The third kappa shape index (κ3) is 2.29. The Kier molecular flexibility index (Phi) is 3.40. The zero-order chi connectivity index (χ0) is 12.3. The predicted molar refractivity (Wildman–Crippen MR) is 65.9 cm³/mol. The average molecular weight is 236 g/mol. The summed E-state index contributed by atoms with van der Waals surface area (Å²) in [5.41, 5.74) is 3.34. The van der Waals surface area contributed by atoms with E-state index >= 15 is 0 Å². The molecule has 0 fully saturated rings. The van der Waals surface area contributed by atoms with E-state index in [4.69, 9.17) is 10.6 Å². The number of hydrazine groups is 1. The topological polar surface area (TPSA) is 80.7 Å². The van der Waals surface area contributed by atoms with E-state index < -0.39 is 0 Å². The van der Waals surface area contributed by atoms with Gasteiger partial charge in [-0.15, -0.1) is 0 Å². The first-order chi connectivity index (χ1) is 8.26. The van der Waals surface area contributed by atoms with Gasteiger partial charge in [0.25, 0.3) is 0 Å². The van der Waals surface area contributed by atoms with Crippen LogP contribution in [-0.2, 0) is 4.74 Å². The summed E-state index contributed by atoms with van der Waals surface area (Å²) >= 11 is 0. The molecule has 0 aliphatic rings. The number of aromatic nitrogens is 3. The fraction of sp³-hybridized carbons (Fsp3) is 0.400. The standard InChI is InChI=1S/C10H16N6O/c1-15(5-6-17-2)10-9-12-3-4-16(9)7-8(13-10)14-11/h3-4,7,14H,5-6,11H2,1-2H3. The van der Waals surface area contributed by atoms with Crippen molar-refractivity contribution in [3.05, 3.63) is 18.6 Å². The highest BCUT2D eigenvalue weighted by Crippen LogP contribution is 2.18. The number of hydrogen-bond donors (Lipinski definition) is 2. The molecule has 0 radical (unpaired) electrons. The number of nitrogens with two attached hydrogens (primary N) is 1. The summed E-state index contributed by atoms with van der Waals surface area (Å²) in [6.45, 7) is 1.37. The van der Waals surface area contributed by atoms with Crippen LogP contribution in [0.25, 0.3) is 5.65 Å². The van der Waals surface area contributed by atoms with Crippen LogP contribution in [0.5, 0.6) is 0 Å². The third-order valence-electron chi connectivity index (χ3n) is 2.50. The molecule has 3 N–H and O–H groups in total. The Morgan fingerprint density at radius 3 is 3.12 bits per heavy atom. The van der Waals surface area contributed by atoms with Crippen molar-refractivity contribution in [3.63, 3.8) is 0 Å². The molecular formula is C10H16N6O. The number of ether oxygens (including phenoxy) is 1. The van der Waals surface area contributed by atoms with Gasteiger partial charge in [-0.2, -0.15) is 0 Å². The Morgan fingerprint density at radius 1 is 1.59 bits per heavy atom. The van der Waals surface area contributed by atoms with Crippen LogP contribution in [0.3, 0.4) is 0 Å². The van der Waals surface area contributed by atoms with Gasteiger partial charge < -0.3 is 19.5 Å². The number of nitrogens with one attached hydrogen (secondary N) is 1. The maximum Gasteiger partial charge on any atom is 0.180 e. The molecule has 7 nitrogen and oxygen atoms in total. The van der Waals surface area contributed by atoms with Crippen molar-refractivity contribution in [3.8, 4) is 0 Å². The quantitative estimate of drug-likeness (QED) is 0.566. The molecule has 0 spiro atoms. The molecule has 0 bridgehead atoms. The van der Waals surface area contributed by atoms with Crippen molar-refractivity contribution in [2.75, 3.05) is 37.6 Å². The molecule has 2 aromatic heterocycles. The van der Waals surface area contributed by atoms with E-state index in [0.29, 0.717) is 12.4 Å². The Morgan fingerprint density at radius 2 is 2.41 bits per heavy atom. The highest BCUT2D eigenvalue weighted by Gasteiger charge is 2.11. The molecule has 0 saturated heterocycles. The lowest BCUT2D eigenvalue weighted by atomic mass is 10.5. The van der Waals surface area contributed by atoms with Gasteiger partial charge in [0.1, 0.15) is 0 Å². The van der Waals surface area contributed by atoms with Crippen LogP contribution < -0.4 is 16.2 Å². The number of imidazole rings is 1. The summed E-state index contributed by atoms with van der Waals surface area (Å²) in [5.74, 6) is 6.75. The van der Waals surface area contributed by atoms with Gasteiger partial charge in [0, 0.05) is 33.1 Å². The van der Waals surface area contributed by atoms with Crippen molar-refractivity contribution in [2.45, 2.75) is 0 Å². The average Bonchev–Trinajstić information content (AvgIpc) is 2.82. The van der Waals surface area contributed by atoms with E-state index in [1.807, 2.05) is 22.5 Å². The smallest absolute Gasteiger partial charge is 0.180 e. The first kappa shape index (κ1) is 11.6. The van der Waals surface area contributed by atoms with Crippen molar-refractivity contribution in [2.24, 2.45) is 5.84 Å². The second kappa shape index (κ2) is 4.98. The minimum Gasteiger partial charge on any atom is -0.383 e. The summed E-state index contributed by atoms with van der Waals surface area (Å²) in [4.78, 5) is 10.6. The van der Waals surface area contributed by atoms with E-state index in [9.17, 15) is 0 Å². The number of anilines is 2. The molecule has 17 heavy (non-hydrogen) atoms. The lowest BCUT2D eigenvalue weighted by Crippen LogP contribution is -2.24. The van der Waals surface area contributed by atoms with E-state index in [0.717, 1.165) is 18.0 Å². The number of hydrogen-bond acceptors (Lipinski definition) is 6. The van der Waals surface area contributed by atoms with Crippen LogP contribution in [0.1, 0.15) is 0 Å². The van der Waals surface area contributed by atoms with Gasteiger partial charge in [-0.25, -0.2) is 15.8 Å². The zero-order valence-corrected chi connectivity index (χ0v) is 9.92. The van der Waals surface area contributed by atoms with Gasteiger partial charge in [-0.3, -0.25) is 0 Å². The van der Waals surface area contributed by atoms with Gasteiger partial charge in [0.2, 0.25) is 0 Å². The van der Waals surface area contributed by atoms with Gasteiger partial charge in [-0.05, 0) is 0 Å². The number of rotatable bonds is 5. The molecule has 0 unspecified atom stereocenters. The molecule has 2 aromatic rings. The predicted octanol–water partition coefficient (Wildman–Crippen LogP) is 0.0975. The number of methoxy groups -OCH3 is 1. The number of nitrogen functional groups attached to an aromatic ring is 1. The molecular weight excluding hydrogens is 220 g/mol. The molecule has 0 atom stereocenters. The van der Waals surface area contributed by atoms with Crippen LogP contribution in [-0.4, -0.2) is 41.7 Å². The van der Waals surface area contributed by atoms with E-state index in [1.165, 1.54) is 0 Å². The van der Waals surface area contributed by atoms with E-state index in [1.54, 1.807) is 19.5 Å². The Labute approximate surface area is 99.2 Å². The first-order valence-electron chi connectivity index (χ1n) is 5.26. The summed E-state index contributed by atoms with van der Waals surface area (Å²) in [7, 11) is 3.61. The van der Waals surface area contributed by atoms with Crippen LogP contribution in [0.15, 0.2) is 18.6 Å². The molecule has 0 aliphatic carbocycles. The fourth-order valence-corrected chi connectivity index (χ4v) is 1.57. The molecule has 7 heteroatoms. The Balaban J connectivity index is 2.39. The number of fused-ring (bicyclic) bond motifs is 1. The molecule has 0 amide bonds. The maximum absolute atomic E-state index is 5.39. The largest absolute Gasteiger partial charge is 0.383 e. The molecule has 0 aromatic carbocycles. The molecule has 2 heterocycles. The minimum atomic E-state index is 0.592. The number of nitrogens with zero attached hydrogens (tertiary/aromatic N) is 4. The second-order valence-corrected chi connectivity index (χ2v) is 3.67. The SMILES string of the molecule is COCCN(C)c1nc(NN)cn2ccnc12. The highest BCUT2D eigenvalue weighted by atomic mass is 16.5. The van der Waals surface area contributed by atoms with Gasteiger partial charge in [0.15, 0.2) is 17.3 Å². The van der Waals surface area contributed by atoms with Crippen molar-refractivity contribution < 1.29 is 4.74 Å². The van der Waals surface area contributed by atoms with Crippen molar-refractivity contribution in [1.29, 1.82) is 0 Å². The van der Waals surface area contributed by atoms with E-state index in [2.05, 4.69) is 15.4 Å². The van der Waals surface area contributed by atoms with Gasteiger partial charge in [-0.1, -0.05) is 0 Å². The summed E-state index contributed by atoms with van der Waals surface area (Å²) in [6.07, 6.45) is 5.37. The molecule has 0 aliphatic heterocycles. The zero-order valence-electron chi connectivity index (χ0n) is 9.92. The molecule has 92 valence electrons. The van der Waals surface area contributed by atoms with Crippen LogP contribution in [0.4, 0.5) is 11.6 Å². The van der Waals surface area contributed by atoms with Crippen LogP contribution in [0.2, 0.25) is 0 Å². The molecule has 2 rings (SSSR count). The Hall–Kier alpha value is -1.86. The molecule has 0 saturated carbocycles. The third-order valence-corrected chi connectivity index (χ3v) is 2.50. The maximum atomic E-state index is 5.39. The lowest BCUT2D eigenvalue weighted by Gasteiger charge is -2.18. The summed E-state index contributed by atoms with van der Waals surface area (Å²) < 4.78 is 6.92. The Bertz CT molecular complexity index is 497. The van der Waals surface area contributed by atoms with Crippen molar-refractivity contribution >= 4 is 17.3 Å². The van der Waals surface area contributed by atoms with E-state index in [-0.39, 0.29) is 0 Å². The normalized spacial score (nSPS) is 10.8. The van der Waals surface area contributed by atoms with Crippen LogP contribution >= 0.6 is 0 Å². The first-order valence-corrected chi connectivity index (χ1v) is 5.26. The van der Waals surface area contributed by atoms with Gasteiger partial charge in [0.05, 0.1) is 12.8 Å². The van der Waals surface area contributed by atoms with Crippen molar-refractivity contribution in [1.82, 2.24) is 14.4 Å². The monoisotopic (exact) mass is 236 g/mol. The lowest BCUT2D eigenvalue weighted by molar-refractivity contribution is 0.206. The number of likely N-dealkylation sites (N-methyl/N-ethyl adjacent to an activating group) is 1. The van der Waals surface area contributed by atoms with Gasteiger partial charge >= 0.3 is 0 Å². The second-order valence-electron chi connectivity index (χ2n) is 3.67. The highest BCUT2D eigenvalue weighted by molar-refractivity contribution is 5.66. The summed E-state index contributed by atoms with van der Waals surface area (Å²) in [5, 5.41) is 0.